The van der Waals surface area contributed by atoms with Gasteiger partial charge in [0.15, 0.2) is 0 Å². The summed E-state index contributed by atoms with van der Waals surface area (Å²) in [4.78, 5) is 13.3. The van der Waals surface area contributed by atoms with Crippen LogP contribution >= 0.6 is 0 Å². The molecule has 1 aromatic carbocycles. The van der Waals surface area contributed by atoms with Gasteiger partial charge in [-0.1, -0.05) is 19.1 Å². The van der Waals surface area contributed by atoms with Crippen molar-refractivity contribution in [2.75, 3.05) is 18.0 Å². The highest BCUT2D eigenvalue weighted by atomic mass is 16.4. The molecule has 0 atom stereocenters. The van der Waals surface area contributed by atoms with Crippen LogP contribution in [-0.2, 0) is 4.79 Å². The lowest BCUT2D eigenvalue weighted by Gasteiger charge is -2.21. The molecule has 4 nitrogen and oxygen atoms in total. The minimum absolute atomic E-state index is 0.178. The SMILES string of the molecule is CCC(=C(C#N)C(=O)O)c1ccc(N(CC)CC)cc1. The molecule has 0 aliphatic carbocycles. The standard InChI is InChI=1S/C16H20N2O2/c1-4-14(15(11-17)16(19)20)12-7-9-13(10-8-12)18(5-2)6-3/h7-10H,4-6H2,1-3H3,(H,19,20). The molecule has 0 aliphatic rings. The van der Waals surface area contributed by atoms with E-state index in [0.29, 0.717) is 12.0 Å². The van der Waals surface area contributed by atoms with Gasteiger partial charge in [0.2, 0.25) is 0 Å². The third-order valence-corrected chi connectivity index (χ3v) is 3.33. The minimum Gasteiger partial charge on any atom is -0.477 e. The summed E-state index contributed by atoms with van der Waals surface area (Å²) < 4.78 is 0. The number of aliphatic carboxylic acids is 1. The van der Waals surface area contributed by atoms with E-state index in [1.807, 2.05) is 31.2 Å². The van der Waals surface area contributed by atoms with E-state index in [1.165, 1.54) is 0 Å². The van der Waals surface area contributed by atoms with Gasteiger partial charge >= 0.3 is 5.97 Å². The van der Waals surface area contributed by atoms with Crippen molar-refractivity contribution in [3.63, 3.8) is 0 Å². The van der Waals surface area contributed by atoms with E-state index in [2.05, 4.69) is 18.7 Å². The molecule has 106 valence electrons. The Labute approximate surface area is 119 Å². The summed E-state index contributed by atoms with van der Waals surface area (Å²) in [6.07, 6.45) is 0.514. The van der Waals surface area contributed by atoms with Crippen molar-refractivity contribution in [2.45, 2.75) is 27.2 Å². The third-order valence-electron chi connectivity index (χ3n) is 3.33. The van der Waals surface area contributed by atoms with E-state index in [-0.39, 0.29) is 5.57 Å². The van der Waals surface area contributed by atoms with Crippen molar-refractivity contribution in [3.05, 3.63) is 35.4 Å². The van der Waals surface area contributed by atoms with Gasteiger partial charge in [0.25, 0.3) is 0 Å². The number of rotatable bonds is 6. The van der Waals surface area contributed by atoms with Crippen LogP contribution in [0.1, 0.15) is 32.8 Å². The van der Waals surface area contributed by atoms with Crippen LogP contribution < -0.4 is 4.90 Å². The lowest BCUT2D eigenvalue weighted by molar-refractivity contribution is -0.132. The molecular weight excluding hydrogens is 252 g/mol. The number of carbonyl (C=O) groups is 1. The Hall–Kier alpha value is -2.28. The number of allylic oxidation sites excluding steroid dienone is 1. The molecule has 0 aliphatic heterocycles. The number of anilines is 1. The average molecular weight is 272 g/mol. The summed E-state index contributed by atoms with van der Waals surface area (Å²) in [5.41, 5.74) is 2.29. The zero-order chi connectivity index (χ0) is 15.1. The van der Waals surface area contributed by atoms with E-state index in [9.17, 15) is 4.79 Å². The molecule has 0 bridgehead atoms. The summed E-state index contributed by atoms with van der Waals surface area (Å²) in [5.74, 6) is -1.17. The van der Waals surface area contributed by atoms with Crippen LogP contribution in [0.5, 0.6) is 0 Å². The summed E-state index contributed by atoms with van der Waals surface area (Å²) >= 11 is 0. The lowest BCUT2D eigenvalue weighted by atomic mass is 9.98. The molecule has 1 aromatic rings. The van der Waals surface area contributed by atoms with E-state index < -0.39 is 5.97 Å². The Balaban J connectivity index is 3.21. The number of nitriles is 1. The minimum atomic E-state index is -1.17. The first-order valence-electron chi connectivity index (χ1n) is 6.80. The quantitative estimate of drug-likeness (QED) is 0.637. The zero-order valence-corrected chi connectivity index (χ0v) is 12.2. The van der Waals surface area contributed by atoms with Crippen molar-refractivity contribution >= 4 is 17.2 Å². The molecule has 0 radical (unpaired) electrons. The number of hydrogen-bond acceptors (Lipinski definition) is 3. The summed E-state index contributed by atoms with van der Waals surface area (Å²) in [6, 6.07) is 9.48. The Morgan fingerprint density at radius 1 is 1.20 bits per heavy atom. The molecule has 0 saturated heterocycles. The number of nitrogens with zero attached hydrogens (tertiary/aromatic N) is 2. The molecule has 4 heteroatoms. The predicted octanol–water partition coefficient (Wildman–Crippen LogP) is 3.30. The zero-order valence-electron chi connectivity index (χ0n) is 12.2. The Morgan fingerprint density at radius 2 is 1.75 bits per heavy atom. The molecule has 0 heterocycles. The highest BCUT2D eigenvalue weighted by Crippen LogP contribution is 2.25. The topological polar surface area (TPSA) is 64.3 Å². The fraction of sp³-hybridized carbons (Fsp3) is 0.375. The molecular formula is C16H20N2O2. The number of benzene rings is 1. The number of carboxylic acid groups (broad SMARTS) is 1. The highest BCUT2D eigenvalue weighted by molar-refractivity contribution is 6.00. The maximum absolute atomic E-state index is 11.1. The summed E-state index contributed by atoms with van der Waals surface area (Å²) in [6.45, 7) is 7.88. The smallest absolute Gasteiger partial charge is 0.346 e. The van der Waals surface area contributed by atoms with Crippen LogP contribution in [-0.4, -0.2) is 24.2 Å². The van der Waals surface area contributed by atoms with Gasteiger partial charge in [0.1, 0.15) is 11.6 Å². The largest absolute Gasteiger partial charge is 0.477 e. The first kappa shape index (κ1) is 15.8. The number of carboxylic acids is 1. The van der Waals surface area contributed by atoms with Crippen LogP contribution in [0.3, 0.4) is 0 Å². The van der Waals surface area contributed by atoms with Crippen LogP contribution in [0.4, 0.5) is 5.69 Å². The van der Waals surface area contributed by atoms with Gasteiger partial charge in [-0.15, -0.1) is 0 Å². The second-order valence-corrected chi connectivity index (χ2v) is 4.34. The molecule has 0 aromatic heterocycles. The maximum Gasteiger partial charge on any atom is 0.346 e. The molecule has 1 N–H and O–H groups in total. The van der Waals surface area contributed by atoms with E-state index in [0.717, 1.165) is 24.3 Å². The second-order valence-electron chi connectivity index (χ2n) is 4.34. The summed E-state index contributed by atoms with van der Waals surface area (Å²) in [5, 5.41) is 18.0. The van der Waals surface area contributed by atoms with Crippen molar-refractivity contribution in [3.8, 4) is 6.07 Å². The third kappa shape index (κ3) is 3.39. The Bertz CT molecular complexity index is 535. The van der Waals surface area contributed by atoms with Crippen molar-refractivity contribution in [1.29, 1.82) is 5.26 Å². The normalized spacial score (nSPS) is 11.5. The van der Waals surface area contributed by atoms with Gasteiger partial charge < -0.3 is 10.0 Å². The molecule has 0 unspecified atom stereocenters. The predicted molar refractivity (Wildman–Crippen MR) is 80.5 cm³/mol. The van der Waals surface area contributed by atoms with Gasteiger partial charge in [-0.25, -0.2) is 4.79 Å². The Kier molecular flexibility index (Phi) is 5.79. The van der Waals surface area contributed by atoms with E-state index >= 15 is 0 Å². The molecule has 1 rings (SSSR count). The maximum atomic E-state index is 11.1. The monoisotopic (exact) mass is 272 g/mol. The van der Waals surface area contributed by atoms with Crippen LogP contribution in [0.2, 0.25) is 0 Å². The molecule has 20 heavy (non-hydrogen) atoms. The molecule has 0 amide bonds. The van der Waals surface area contributed by atoms with Gasteiger partial charge in [0, 0.05) is 18.8 Å². The van der Waals surface area contributed by atoms with Gasteiger partial charge in [-0.2, -0.15) is 5.26 Å². The molecule has 0 spiro atoms. The highest BCUT2D eigenvalue weighted by Gasteiger charge is 2.14. The van der Waals surface area contributed by atoms with Gasteiger partial charge in [0.05, 0.1) is 0 Å². The van der Waals surface area contributed by atoms with Crippen LogP contribution in [0.25, 0.3) is 5.57 Å². The fourth-order valence-corrected chi connectivity index (χ4v) is 2.23. The Morgan fingerprint density at radius 3 is 2.10 bits per heavy atom. The average Bonchev–Trinajstić information content (AvgIpc) is 2.46. The van der Waals surface area contributed by atoms with Crippen LogP contribution in [0, 0.1) is 11.3 Å². The number of hydrogen-bond donors (Lipinski definition) is 1. The van der Waals surface area contributed by atoms with Crippen molar-refractivity contribution in [2.24, 2.45) is 0 Å². The molecule has 0 saturated carbocycles. The molecule has 0 fully saturated rings. The van der Waals surface area contributed by atoms with Gasteiger partial charge in [-0.05, 0) is 43.5 Å². The summed E-state index contributed by atoms with van der Waals surface area (Å²) in [7, 11) is 0. The van der Waals surface area contributed by atoms with E-state index in [4.69, 9.17) is 10.4 Å². The van der Waals surface area contributed by atoms with Gasteiger partial charge in [-0.3, -0.25) is 0 Å². The second kappa shape index (κ2) is 7.34. The van der Waals surface area contributed by atoms with Crippen molar-refractivity contribution in [1.82, 2.24) is 0 Å². The first-order chi connectivity index (χ1) is 9.58. The fourth-order valence-electron chi connectivity index (χ4n) is 2.23. The van der Waals surface area contributed by atoms with Crippen molar-refractivity contribution < 1.29 is 9.90 Å². The van der Waals surface area contributed by atoms with Crippen LogP contribution in [0.15, 0.2) is 29.8 Å². The lowest BCUT2D eigenvalue weighted by Crippen LogP contribution is -2.21. The van der Waals surface area contributed by atoms with E-state index in [1.54, 1.807) is 6.07 Å². The first-order valence-corrected chi connectivity index (χ1v) is 6.80.